The zero-order valence-corrected chi connectivity index (χ0v) is 30.0. The van der Waals surface area contributed by atoms with Crippen molar-refractivity contribution < 1.29 is 32.2 Å². The van der Waals surface area contributed by atoms with Crippen LogP contribution in [0.1, 0.15) is 36.5 Å². The van der Waals surface area contributed by atoms with Crippen LogP contribution in [0.3, 0.4) is 0 Å². The molecule has 0 bridgehead atoms. The number of piperidine rings is 1. The Morgan fingerprint density at radius 2 is 1.69 bits per heavy atom. The highest BCUT2D eigenvalue weighted by Crippen LogP contribution is 2.51. The summed E-state index contributed by atoms with van der Waals surface area (Å²) in [7, 11) is 0.247. The van der Waals surface area contributed by atoms with Gasteiger partial charge in [0.1, 0.15) is 22.1 Å². The van der Waals surface area contributed by atoms with Crippen molar-refractivity contribution >= 4 is 27.6 Å². The van der Waals surface area contributed by atoms with Gasteiger partial charge in [0, 0.05) is 54.8 Å². The van der Waals surface area contributed by atoms with Gasteiger partial charge in [-0.2, -0.15) is 9.57 Å². The van der Waals surface area contributed by atoms with E-state index in [2.05, 4.69) is 28.2 Å². The molecule has 3 saturated heterocycles. The molecule has 4 heterocycles. The number of methoxy groups -OCH3 is 2. The summed E-state index contributed by atoms with van der Waals surface area (Å²) in [5.41, 5.74) is -1.52. The number of urea groups is 1. The van der Waals surface area contributed by atoms with Crippen molar-refractivity contribution in [1.82, 2.24) is 20.0 Å². The number of likely N-dealkylation sites (tertiary alicyclic amines) is 3. The molecule has 3 aromatic carbocycles. The largest absolute Gasteiger partial charge is 0.497 e. The maximum Gasteiger partial charge on any atom is 0.318 e. The molecule has 7 rings (SSSR count). The van der Waals surface area contributed by atoms with E-state index >= 15 is 4.79 Å². The Morgan fingerprint density at radius 1 is 0.961 bits per heavy atom. The van der Waals surface area contributed by atoms with E-state index in [0.29, 0.717) is 29.2 Å². The fourth-order valence-corrected chi connectivity index (χ4v) is 9.68. The van der Waals surface area contributed by atoms with Crippen molar-refractivity contribution in [1.29, 1.82) is 5.26 Å². The lowest BCUT2D eigenvalue weighted by atomic mass is 9.71. The van der Waals surface area contributed by atoms with Crippen LogP contribution in [0.15, 0.2) is 65.6 Å². The second-order valence-electron chi connectivity index (χ2n) is 13.8. The molecule has 51 heavy (non-hydrogen) atoms. The van der Waals surface area contributed by atoms with Crippen molar-refractivity contribution in [3.8, 4) is 23.3 Å². The van der Waals surface area contributed by atoms with Crippen LogP contribution in [-0.2, 0) is 20.4 Å². The second kappa shape index (κ2) is 13.0. The van der Waals surface area contributed by atoms with Crippen molar-refractivity contribution in [3.63, 3.8) is 0 Å². The number of fused-ring (bicyclic) bond motifs is 1. The SMILES string of the molecule is CCOc1ccccc1C1(NC(=O)N2CC3(C2)CN(C2CCN(C)CC2)C3)C(=O)N(S(=O)(=O)c2ccc(OC)cc2OC)c2ccc(C#N)cc21. The van der Waals surface area contributed by atoms with Crippen molar-refractivity contribution in [2.75, 3.05) is 71.4 Å². The molecule has 268 valence electrons. The van der Waals surface area contributed by atoms with Crippen LogP contribution in [0.5, 0.6) is 17.2 Å². The summed E-state index contributed by atoms with van der Waals surface area (Å²) in [5.74, 6) is -0.332. The first kappa shape index (κ1) is 34.6. The van der Waals surface area contributed by atoms with Crippen LogP contribution < -0.4 is 23.8 Å². The van der Waals surface area contributed by atoms with E-state index in [1.807, 2.05) is 0 Å². The molecule has 14 heteroatoms. The molecule has 3 aromatic rings. The van der Waals surface area contributed by atoms with Crippen LogP contribution >= 0.6 is 0 Å². The van der Waals surface area contributed by atoms with Gasteiger partial charge >= 0.3 is 6.03 Å². The van der Waals surface area contributed by atoms with Crippen LogP contribution in [-0.4, -0.2) is 108 Å². The summed E-state index contributed by atoms with van der Waals surface area (Å²) in [5, 5.41) is 13.0. The second-order valence-corrected chi connectivity index (χ2v) is 15.6. The number of hydrogen-bond acceptors (Lipinski definition) is 10. The standard InChI is InChI=1S/C37H42N6O7S/c1-5-50-31-9-7-6-8-28(31)37(39-35(45)42-23-36(24-42)21-41(22-36)26-14-16-40(2)17-15-26)29-18-25(20-38)10-12-30(29)43(34(37)44)51(46,47)33-13-11-27(48-3)19-32(33)49-4/h6-13,18-19,26H,5,14-17,21-24H2,1-4H3,(H,39,45). The highest BCUT2D eigenvalue weighted by molar-refractivity contribution is 7.93. The predicted molar refractivity (Wildman–Crippen MR) is 188 cm³/mol. The number of carbonyl (C=O) groups is 2. The molecule has 0 aliphatic carbocycles. The summed E-state index contributed by atoms with van der Waals surface area (Å²) >= 11 is 0. The summed E-state index contributed by atoms with van der Waals surface area (Å²) in [4.78, 5) is 35.8. The number of anilines is 1. The summed E-state index contributed by atoms with van der Waals surface area (Å²) in [6.07, 6.45) is 2.26. The number of nitrogens with zero attached hydrogens (tertiary/aromatic N) is 5. The van der Waals surface area contributed by atoms with Crippen LogP contribution in [0.25, 0.3) is 0 Å². The lowest BCUT2D eigenvalue weighted by Gasteiger charge is -2.62. The highest BCUT2D eigenvalue weighted by Gasteiger charge is 2.61. The molecule has 0 radical (unpaired) electrons. The number of nitrogens with one attached hydrogen (secondary N) is 1. The lowest BCUT2D eigenvalue weighted by Crippen LogP contribution is -2.76. The third kappa shape index (κ3) is 5.64. The molecule has 1 N–H and O–H groups in total. The first-order chi connectivity index (χ1) is 24.5. The van der Waals surface area contributed by atoms with Crippen molar-refractivity contribution in [2.45, 2.75) is 36.2 Å². The van der Waals surface area contributed by atoms with Crippen LogP contribution in [0, 0.1) is 16.7 Å². The Labute approximate surface area is 298 Å². The zero-order valence-electron chi connectivity index (χ0n) is 29.2. The molecule has 3 fully saturated rings. The number of carbonyl (C=O) groups excluding carboxylic acids is 2. The zero-order chi connectivity index (χ0) is 36.1. The molecule has 1 atom stereocenters. The Morgan fingerprint density at radius 3 is 2.35 bits per heavy atom. The third-order valence-electron chi connectivity index (χ3n) is 10.6. The van der Waals surface area contributed by atoms with E-state index in [0.717, 1.165) is 39.0 Å². The lowest BCUT2D eigenvalue weighted by molar-refractivity contribution is -0.124. The Balaban J connectivity index is 1.28. The van der Waals surface area contributed by atoms with Gasteiger partial charge in [-0.15, -0.1) is 0 Å². The van der Waals surface area contributed by atoms with Crippen LogP contribution in [0.2, 0.25) is 0 Å². The molecule has 4 aliphatic heterocycles. The fraction of sp³-hybridized carbons (Fsp3) is 0.432. The summed E-state index contributed by atoms with van der Waals surface area (Å²) in [6.45, 7) is 7.03. The number of benzene rings is 3. The van der Waals surface area contributed by atoms with Gasteiger partial charge in [0.2, 0.25) is 0 Å². The van der Waals surface area contributed by atoms with E-state index in [-0.39, 0.29) is 50.8 Å². The number of sulfonamides is 1. The molecule has 0 saturated carbocycles. The average molecular weight is 715 g/mol. The first-order valence-corrected chi connectivity index (χ1v) is 18.5. The quantitative estimate of drug-likeness (QED) is 0.350. The van der Waals surface area contributed by atoms with Gasteiger partial charge in [-0.05, 0) is 76.3 Å². The molecule has 1 unspecified atom stereocenters. The van der Waals surface area contributed by atoms with E-state index < -0.39 is 27.5 Å². The van der Waals surface area contributed by atoms with E-state index in [4.69, 9.17) is 14.2 Å². The van der Waals surface area contributed by atoms with Gasteiger partial charge in [0.15, 0.2) is 5.54 Å². The van der Waals surface area contributed by atoms with Crippen molar-refractivity contribution in [2.24, 2.45) is 5.41 Å². The van der Waals surface area contributed by atoms with Crippen molar-refractivity contribution in [3.05, 3.63) is 77.4 Å². The average Bonchev–Trinajstić information content (AvgIpc) is 3.35. The molecule has 1 spiro atoms. The fourth-order valence-electron chi connectivity index (χ4n) is 8.07. The highest BCUT2D eigenvalue weighted by atomic mass is 32.2. The molecule has 0 aromatic heterocycles. The summed E-state index contributed by atoms with van der Waals surface area (Å²) in [6, 6.07) is 17.4. The number of rotatable bonds is 9. The monoisotopic (exact) mass is 714 g/mol. The minimum atomic E-state index is -4.67. The number of hydrogen-bond donors (Lipinski definition) is 1. The summed E-state index contributed by atoms with van der Waals surface area (Å²) < 4.78 is 46.7. The first-order valence-electron chi connectivity index (χ1n) is 17.1. The molecule has 4 aliphatic rings. The smallest absolute Gasteiger partial charge is 0.318 e. The van der Waals surface area contributed by atoms with E-state index in [1.165, 1.54) is 50.6 Å². The maximum absolute atomic E-state index is 15.2. The molecule has 3 amide bonds. The number of nitriles is 1. The number of para-hydroxylation sites is 1. The molecular weight excluding hydrogens is 673 g/mol. The third-order valence-corrected chi connectivity index (χ3v) is 12.4. The van der Waals surface area contributed by atoms with Gasteiger partial charge in [-0.1, -0.05) is 18.2 Å². The Bertz CT molecular complexity index is 2010. The van der Waals surface area contributed by atoms with E-state index in [9.17, 15) is 18.5 Å². The van der Waals surface area contributed by atoms with Gasteiger partial charge in [-0.3, -0.25) is 9.69 Å². The van der Waals surface area contributed by atoms with Crippen LogP contribution in [0.4, 0.5) is 10.5 Å². The topological polar surface area (TPSA) is 145 Å². The molecular formula is C37H42N6O7S. The van der Waals surface area contributed by atoms with Gasteiger partial charge < -0.3 is 29.3 Å². The van der Waals surface area contributed by atoms with Gasteiger partial charge in [0.25, 0.3) is 15.9 Å². The normalized spacial score (nSPS) is 21.7. The minimum Gasteiger partial charge on any atom is -0.497 e. The molecule has 13 nitrogen and oxygen atoms in total. The number of ether oxygens (including phenoxy) is 3. The van der Waals surface area contributed by atoms with Gasteiger partial charge in [0.05, 0.1) is 38.1 Å². The maximum atomic E-state index is 15.2. The minimum absolute atomic E-state index is 0.00341. The predicted octanol–water partition coefficient (Wildman–Crippen LogP) is 3.37. The Kier molecular flexibility index (Phi) is 8.85. The Hall–Kier alpha value is -4.84. The number of amides is 3. The van der Waals surface area contributed by atoms with E-state index in [1.54, 1.807) is 36.1 Å². The van der Waals surface area contributed by atoms with Gasteiger partial charge in [-0.25, -0.2) is 13.2 Å².